The number of benzene rings is 8. The maximum atomic E-state index is 6.40. The van der Waals surface area contributed by atoms with Gasteiger partial charge < -0.3 is 8.98 Å². The van der Waals surface area contributed by atoms with E-state index in [1.807, 2.05) is 18.2 Å². The molecule has 0 fully saturated rings. The van der Waals surface area contributed by atoms with Gasteiger partial charge in [0.05, 0.1) is 22.2 Å². The second-order valence-corrected chi connectivity index (χ2v) is 13.8. The topological polar surface area (TPSA) is 43.9 Å². The molecule has 8 aromatic carbocycles. The van der Waals surface area contributed by atoms with E-state index < -0.39 is 0 Å². The Bertz CT molecular complexity index is 3210. The lowest BCUT2D eigenvalue weighted by Crippen LogP contribution is -1.96. The first-order valence-electron chi connectivity index (χ1n) is 18.2. The maximum Gasteiger partial charge on any atom is 0.160 e. The van der Waals surface area contributed by atoms with Crippen molar-refractivity contribution in [1.29, 1.82) is 0 Å². The van der Waals surface area contributed by atoms with E-state index >= 15 is 0 Å². The van der Waals surface area contributed by atoms with Crippen LogP contribution < -0.4 is 0 Å². The summed E-state index contributed by atoms with van der Waals surface area (Å²) in [5, 5.41) is 5.70. The van der Waals surface area contributed by atoms with Gasteiger partial charge in [0.25, 0.3) is 0 Å². The molecular weight excluding hydrogens is 659 g/mol. The average molecular weight is 690 g/mol. The van der Waals surface area contributed by atoms with E-state index in [2.05, 4.69) is 174 Å². The van der Waals surface area contributed by atoms with Crippen molar-refractivity contribution in [2.24, 2.45) is 0 Å². The first-order valence-corrected chi connectivity index (χ1v) is 18.2. The number of rotatable bonds is 5. The molecule has 0 unspecified atom stereocenters. The predicted molar refractivity (Wildman–Crippen MR) is 223 cm³/mol. The summed E-state index contributed by atoms with van der Waals surface area (Å²) in [7, 11) is 0. The molecule has 0 atom stereocenters. The van der Waals surface area contributed by atoms with E-state index in [4.69, 9.17) is 14.4 Å². The van der Waals surface area contributed by atoms with Crippen molar-refractivity contribution in [3.8, 4) is 50.6 Å². The highest BCUT2D eigenvalue weighted by Gasteiger charge is 2.17. The van der Waals surface area contributed by atoms with Crippen LogP contribution in [0.1, 0.15) is 0 Å². The summed E-state index contributed by atoms with van der Waals surface area (Å²) >= 11 is 0. The highest BCUT2D eigenvalue weighted by Crippen LogP contribution is 2.39. The van der Waals surface area contributed by atoms with E-state index in [1.165, 1.54) is 21.8 Å². The van der Waals surface area contributed by atoms with Gasteiger partial charge in [-0.1, -0.05) is 133 Å². The van der Waals surface area contributed by atoms with Crippen LogP contribution in [0.4, 0.5) is 0 Å². The van der Waals surface area contributed by atoms with Crippen molar-refractivity contribution in [3.05, 3.63) is 188 Å². The molecule has 0 aliphatic rings. The van der Waals surface area contributed by atoms with E-state index in [-0.39, 0.29) is 0 Å². The Morgan fingerprint density at radius 1 is 0.389 bits per heavy atom. The number of fused-ring (bicyclic) bond motifs is 7. The fourth-order valence-corrected chi connectivity index (χ4v) is 8.06. The quantitative estimate of drug-likeness (QED) is 0.181. The van der Waals surface area contributed by atoms with Gasteiger partial charge in [-0.15, -0.1) is 0 Å². The third-order valence-corrected chi connectivity index (χ3v) is 10.6. The van der Waals surface area contributed by atoms with E-state index in [9.17, 15) is 0 Å². The van der Waals surface area contributed by atoms with Crippen LogP contribution in [0.2, 0.25) is 0 Å². The lowest BCUT2D eigenvalue weighted by Gasteiger charge is -2.12. The van der Waals surface area contributed by atoms with Gasteiger partial charge in [-0.05, 0) is 71.3 Å². The van der Waals surface area contributed by atoms with Crippen molar-refractivity contribution >= 4 is 54.6 Å². The molecule has 0 bridgehead atoms. The lowest BCUT2D eigenvalue weighted by atomic mass is 9.98. The van der Waals surface area contributed by atoms with Gasteiger partial charge >= 0.3 is 0 Å². The molecule has 54 heavy (non-hydrogen) atoms. The fourth-order valence-electron chi connectivity index (χ4n) is 8.06. The molecule has 0 saturated carbocycles. The van der Waals surface area contributed by atoms with Gasteiger partial charge in [0.1, 0.15) is 11.2 Å². The predicted octanol–water partition coefficient (Wildman–Crippen LogP) is 13.3. The second kappa shape index (κ2) is 12.1. The standard InChI is InChI=1S/C50H31N3O/c1-3-13-32(14-4-1)48-43-31-33(34-26-28-46-42(30-34)39-19-7-9-23-45(39)53(46)37-17-5-2-6-18-37)25-27-44(43)51-50(52-48)36-16-11-15-35(29-36)38-21-12-22-41-40-20-8-10-24-47(40)54-49(38)41/h1-31H. The van der Waals surface area contributed by atoms with Crippen molar-refractivity contribution in [2.75, 3.05) is 0 Å². The molecule has 0 aliphatic heterocycles. The maximum absolute atomic E-state index is 6.40. The Kier molecular flexibility index (Phi) is 6.82. The number of nitrogens with zero attached hydrogens (tertiary/aromatic N) is 3. The molecule has 0 saturated heterocycles. The Balaban J connectivity index is 1.05. The van der Waals surface area contributed by atoms with Crippen LogP contribution in [-0.2, 0) is 0 Å². The van der Waals surface area contributed by atoms with E-state index in [0.717, 1.165) is 77.6 Å². The smallest absolute Gasteiger partial charge is 0.160 e. The second-order valence-electron chi connectivity index (χ2n) is 13.8. The zero-order valence-electron chi connectivity index (χ0n) is 29.1. The highest BCUT2D eigenvalue weighted by atomic mass is 16.3. The number of hydrogen-bond acceptors (Lipinski definition) is 3. The zero-order valence-corrected chi connectivity index (χ0v) is 29.1. The molecule has 3 heterocycles. The minimum absolute atomic E-state index is 0.683. The van der Waals surface area contributed by atoms with E-state index in [1.54, 1.807) is 0 Å². The van der Waals surface area contributed by atoms with E-state index in [0.29, 0.717) is 5.82 Å². The lowest BCUT2D eigenvalue weighted by molar-refractivity contribution is 0.670. The van der Waals surface area contributed by atoms with Crippen molar-refractivity contribution in [1.82, 2.24) is 14.5 Å². The summed E-state index contributed by atoms with van der Waals surface area (Å²) in [5.74, 6) is 0.683. The van der Waals surface area contributed by atoms with Crippen LogP contribution in [0.25, 0.3) is 105 Å². The first-order chi connectivity index (χ1) is 26.8. The molecule has 11 aromatic rings. The monoisotopic (exact) mass is 689 g/mol. The molecule has 0 amide bonds. The highest BCUT2D eigenvalue weighted by molar-refractivity contribution is 6.11. The summed E-state index contributed by atoms with van der Waals surface area (Å²) < 4.78 is 8.75. The van der Waals surface area contributed by atoms with Gasteiger partial charge in [0.2, 0.25) is 0 Å². The zero-order chi connectivity index (χ0) is 35.6. The molecule has 0 N–H and O–H groups in total. The van der Waals surface area contributed by atoms with Crippen LogP contribution in [0, 0.1) is 0 Å². The number of hydrogen-bond donors (Lipinski definition) is 0. The normalized spacial score (nSPS) is 11.7. The minimum Gasteiger partial charge on any atom is -0.455 e. The molecule has 0 aliphatic carbocycles. The minimum atomic E-state index is 0.683. The third kappa shape index (κ3) is 4.85. The number of aromatic nitrogens is 3. The third-order valence-electron chi connectivity index (χ3n) is 10.6. The molecule has 0 radical (unpaired) electrons. The summed E-state index contributed by atoms with van der Waals surface area (Å²) in [6.07, 6.45) is 0. The van der Waals surface area contributed by atoms with Crippen molar-refractivity contribution < 1.29 is 4.42 Å². The fraction of sp³-hybridized carbons (Fsp3) is 0. The molecule has 0 spiro atoms. The summed E-state index contributed by atoms with van der Waals surface area (Å²) in [6.45, 7) is 0. The Morgan fingerprint density at radius 2 is 1.04 bits per heavy atom. The number of furan rings is 1. The molecule has 3 aromatic heterocycles. The van der Waals surface area contributed by atoms with Crippen molar-refractivity contribution in [2.45, 2.75) is 0 Å². The van der Waals surface area contributed by atoms with Gasteiger partial charge in [0.15, 0.2) is 5.82 Å². The van der Waals surface area contributed by atoms with Crippen LogP contribution in [0.15, 0.2) is 192 Å². The van der Waals surface area contributed by atoms with Crippen LogP contribution >= 0.6 is 0 Å². The number of para-hydroxylation sites is 4. The summed E-state index contributed by atoms with van der Waals surface area (Å²) in [5.41, 5.74) is 13.5. The largest absolute Gasteiger partial charge is 0.455 e. The molecule has 252 valence electrons. The Morgan fingerprint density at radius 3 is 1.91 bits per heavy atom. The van der Waals surface area contributed by atoms with Crippen LogP contribution in [0.5, 0.6) is 0 Å². The van der Waals surface area contributed by atoms with Gasteiger partial charge in [0, 0.05) is 49.3 Å². The van der Waals surface area contributed by atoms with Crippen LogP contribution in [-0.4, -0.2) is 14.5 Å². The molecule has 4 heteroatoms. The average Bonchev–Trinajstić information content (AvgIpc) is 3.79. The van der Waals surface area contributed by atoms with Gasteiger partial charge in [-0.25, -0.2) is 9.97 Å². The van der Waals surface area contributed by atoms with Crippen LogP contribution in [0.3, 0.4) is 0 Å². The Labute approximate surface area is 311 Å². The summed E-state index contributed by atoms with van der Waals surface area (Å²) in [6, 6.07) is 66.1. The van der Waals surface area contributed by atoms with Gasteiger partial charge in [-0.3, -0.25) is 0 Å². The first kappa shape index (κ1) is 30.3. The summed E-state index contributed by atoms with van der Waals surface area (Å²) in [4.78, 5) is 10.5. The molecule has 11 rings (SSSR count). The Hall–Kier alpha value is -7.30. The molecular formula is C50H31N3O. The van der Waals surface area contributed by atoms with Crippen molar-refractivity contribution in [3.63, 3.8) is 0 Å². The van der Waals surface area contributed by atoms with Gasteiger partial charge in [-0.2, -0.15) is 0 Å². The SMILES string of the molecule is c1ccc(-c2nc(-c3cccc(-c4cccc5c4oc4ccccc45)c3)nc3ccc(-c4ccc5c(c4)c4ccccc4n5-c4ccccc4)cc23)cc1. The molecule has 4 nitrogen and oxygen atoms in total.